The monoisotopic (exact) mass is 216 g/mol. The van der Waals surface area contributed by atoms with E-state index in [1.165, 1.54) is 51.2 Å². The van der Waals surface area contributed by atoms with Crippen molar-refractivity contribution in [2.24, 2.45) is 0 Å². The molecule has 3 heteroatoms. The van der Waals surface area contributed by atoms with Crippen molar-refractivity contribution in [3.63, 3.8) is 0 Å². The van der Waals surface area contributed by atoms with Gasteiger partial charge in [0.05, 0.1) is 0 Å². The highest BCUT2D eigenvalue weighted by atomic mass is 32.2. The van der Waals surface area contributed by atoms with Gasteiger partial charge in [-0.05, 0) is 45.2 Å². The van der Waals surface area contributed by atoms with E-state index in [1.807, 2.05) is 11.8 Å². The van der Waals surface area contributed by atoms with E-state index in [0.29, 0.717) is 0 Å². The average molecular weight is 216 g/mol. The predicted molar refractivity (Wildman–Crippen MR) is 66.1 cm³/mol. The highest BCUT2D eigenvalue weighted by molar-refractivity contribution is 7.98. The standard InChI is InChI=1S/C11H24N2S/c1-3-6-12-11-4-7-13(8-5-11)9-10-14-2/h11-12H,3-10H2,1-2H3. The molecule has 1 rings (SSSR count). The maximum atomic E-state index is 3.62. The molecule has 1 fully saturated rings. The summed E-state index contributed by atoms with van der Waals surface area (Å²) in [7, 11) is 0. The molecule has 0 amide bonds. The second kappa shape index (κ2) is 7.55. The Morgan fingerprint density at radius 1 is 1.36 bits per heavy atom. The van der Waals surface area contributed by atoms with Gasteiger partial charge in [0.25, 0.3) is 0 Å². The summed E-state index contributed by atoms with van der Waals surface area (Å²) >= 11 is 1.95. The van der Waals surface area contributed by atoms with Crippen molar-refractivity contribution in [1.29, 1.82) is 0 Å². The lowest BCUT2D eigenvalue weighted by Crippen LogP contribution is -2.43. The van der Waals surface area contributed by atoms with E-state index in [1.54, 1.807) is 0 Å². The van der Waals surface area contributed by atoms with Gasteiger partial charge < -0.3 is 10.2 Å². The van der Waals surface area contributed by atoms with Crippen LogP contribution in [0, 0.1) is 0 Å². The predicted octanol–water partition coefficient (Wildman–Crippen LogP) is 1.81. The Bertz CT molecular complexity index is 117. The molecule has 0 radical (unpaired) electrons. The molecule has 1 aliphatic rings. The SMILES string of the molecule is CCCNC1CCN(CCSC)CC1. The van der Waals surface area contributed by atoms with Gasteiger partial charge in [-0.1, -0.05) is 6.92 Å². The van der Waals surface area contributed by atoms with Crippen LogP contribution in [0.1, 0.15) is 26.2 Å². The lowest BCUT2D eigenvalue weighted by Gasteiger charge is -2.32. The lowest BCUT2D eigenvalue weighted by molar-refractivity contribution is 0.208. The summed E-state index contributed by atoms with van der Waals surface area (Å²) in [5, 5.41) is 3.62. The minimum atomic E-state index is 0.792. The molecule has 0 aromatic rings. The van der Waals surface area contributed by atoms with Crippen molar-refractivity contribution in [3.8, 4) is 0 Å². The van der Waals surface area contributed by atoms with Gasteiger partial charge >= 0.3 is 0 Å². The van der Waals surface area contributed by atoms with Crippen LogP contribution in [0.5, 0.6) is 0 Å². The minimum absolute atomic E-state index is 0.792. The molecule has 1 heterocycles. The summed E-state index contributed by atoms with van der Waals surface area (Å²) < 4.78 is 0. The normalized spacial score (nSPS) is 20.1. The van der Waals surface area contributed by atoms with Crippen LogP contribution >= 0.6 is 11.8 Å². The van der Waals surface area contributed by atoms with Crippen LogP contribution in [-0.2, 0) is 0 Å². The first-order valence-corrected chi connectivity index (χ1v) is 7.21. The summed E-state index contributed by atoms with van der Waals surface area (Å²) in [5.74, 6) is 1.28. The second-order valence-corrected chi connectivity index (χ2v) is 5.05. The van der Waals surface area contributed by atoms with Crippen LogP contribution in [0.3, 0.4) is 0 Å². The highest BCUT2D eigenvalue weighted by Crippen LogP contribution is 2.10. The zero-order valence-corrected chi connectivity index (χ0v) is 10.4. The van der Waals surface area contributed by atoms with Crippen LogP contribution in [-0.4, -0.2) is 49.1 Å². The number of hydrogen-bond donors (Lipinski definition) is 1. The first-order valence-electron chi connectivity index (χ1n) is 5.81. The summed E-state index contributed by atoms with van der Waals surface area (Å²) in [6.07, 6.45) is 6.13. The number of nitrogens with one attached hydrogen (secondary N) is 1. The largest absolute Gasteiger partial charge is 0.314 e. The fraction of sp³-hybridized carbons (Fsp3) is 1.00. The Labute approximate surface area is 92.8 Å². The number of hydrogen-bond acceptors (Lipinski definition) is 3. The average Bonchev–Trinajstić information content (AvgIpc) is 2.25. The van der Waals surface area contributed by atoms with Gasteiger partial charge in [-0.2, -0.15) is 11.8 Å². The van der Waals surface area contributed by atoms with Crippen molar-refractivity contribution in [2.75, 3.05) is 38.2 Å². The molecule has 0 aliphatic carbocycles. The fourth-order valence-corrected chi connectivity index (χ4v) is 2.37. The molecule has 0 spiro atoms. The maximum Gasteiger partial charge on any atom is 0.00914 e. The Morgan fingerprint density at radius 2 is 2.07 bits per heavy atom. The van der Waals surface area contributed by atoms with Crippen molar-refractivity contribution in [1.82, 2.24) is 10.2 Å². The smallest absolute Gasteiger partial charge is 0.00914 e. The zero-order valence-electron chi connectivity index (χ0n) is 9.59. The molecule has 0 unspecified atom stereocenters. The molecule has 1 N–H and O–H groups in total. The van der Waals surface area contributed by atoms with Gasteiger partial charge in [-0.3, -0.25) is 0 Å². The number of nitrogens with zero attached hydrogens (tertiary/aromatic N) is 1. The van der Waals surface area contributed by atoms with Gasteiger partial charge in [0.1, 0.15) is 0 Å². The molecular weight excluding hydrogens is 192 g/mol. The fourth-order valence-electron chi connectivity index (χ4n) is 1.93. The maximum absolute atomic E-state index is 3.62. The van der Waals surface area contributed by atoms with E-state index in [2.05, 4.69) is 23.4 Å². The summed E-state index contributed by atoms with van der Waals surface area (Å²) in [5.41, 5.74) is 0. The molecule has 1 aliphatic heterocycles. The van der Waals surface area contributed by atoms with Crippen LogP contribution in [0.25, 0.3) is 0 Å². The summed E-state index contributed by atoms with van der Waals surface area (Å²) in [4.78, 5) is 2.60. The third kappa shape index (κ3) is 4.67. The third-order valence-corrected chi connectivity index (χ3v) is 3.47. The van der Waals surface area contributed by atoms with Crippen LogP contribution < -0.4 is 5.32 Å². The second-order valence-electron chi connectivity index (χ2n) is 4.06. The first kappa shape index (κ1) is 12.3. The summed E-state index contributed by atoms with van der Waals surface area (Å²) in [6, 6.07) is 0.792. The number of piperidine rings is 1. The highest BCUT2D eigenvalue weighted by Gasteiger charge is 2.17. The molecule has 0 aromatic carbocycles. The summed E-state index contributed by atoms with van der Waals surface area (Å²) in [6.45, 7) is 7.29. The molecule has 84 valence electrons. The van der Waals surface area contributed by atoms with Crippen LogP contribution in [0.15, 0.2) is 0 Å². The van der Waals surface area contributed by atoms with Gasteiger partial charge in [-0.15, -0.1) is 0 Å². The van der Waals surface area contributed by atoms with Gasteiger partial charge in [-0.25, -0.2) is 0 Å². The van der Waals surface area contributed by atoms with Crippen molar-refractivity contribution >= 4 is 11.8 Å². The van der Waals surface area contributed by atoms with Crippen molar-refractivity contribution in [3.05, 3.63) is 0 Å². The Hall–Kier alpha value is 0.270. The molecule has 14 heavy (non-hydrogen) atoms. The van der Waals surface area contributed by atoms with Crippen molar-refractivity contribution < 1.29 is 0 Å². The Kier molecular flexibility index (Phi) is 6.65. The molecular formula is C11H24N2S. The third-order valence-electron chi connectivity index (χ3n) is 2.88. The van der Waals surface area contributed by atoms with Crippen LogP contribution in [0.4, 0.5) is 0 Å². The Balaban J connectivity index is 2.05. The molecule has 0 saturated carbocycles. The van der Waals surface area contributed by atoms with Crippen LogP contribution in [0.2, 0.25) is 0 Å². The van der Waals surface area contributed by atoms with E-state index in [4.69, 9.17) is 0 Å². The molecule has 1 saturated heterocycles. The molecule has 0 bridgehead atoms. The zero-order chi connectivity index (χ0) is 10.2. The molecule has 2 nitrogen and oxygen atoms in total. The molecule has 0 atom stereocenters. The molecule has 0 aromatic heterocycles. The number of thioether (sulfide) groups is 1. The van der Waals surface area contributed by atoms with E-state index < -0.39 is 0 Å². The topological polar surface area (TPSA) is 15.3 Å². The quantitative estimate of drug-likeness (QED) is 0.729. The van der Waals surface area contributed by atoms with Gasteiger partial charge in [0, 0.05) is 18.3 Å². The van der Waals surface area contributed by atoms with Crippen molar-refractivity contribution in [2.45, 2.75) is 32.2 Å². The van der Waals surface area contributed by atoms with E-state index in [0.717, 1.165) is 6.04 Å². The van der Waals surface area contributed by atoms with E-state index in [-0.39, 0.29) is 0 Å². The lowest BCUT2D eigenvalue weighted by atomic mass is 10.1. The van der Waals surface area contributed by atoms with E-state index >= 15 is 0 Å². The number of rotatable bonds is 6. The Morgan fingerprint density at radius 3 is 2.64 bits per heavy atom. The van der Waals surface area contributed by atoms with Gasteiger partial charge in [0.15, 0.2) is 0 Å². The van der Waals surface area contributed by atoms with Gasteiger partial charge in [0.2, 0.25) is 0 Å². The number of likely N-dealkylation sites (tertiary alicyclic amines) is 1. The van der Waals surface area contributed by atoms with E-state index in [9.17, 15) is 0 Å². The minimum Gasteiger partial charge on any atom is -0.314 e. The first-order chi connectivity index (χ1) is 6.86.